The molecule has 0 bridgehead atoms. The first-order chi connectivity index (χ1) is 16.5. The minimum Gasteiger partial charge on any atom is -0.478 e. The summed E-state index contributed by atoms with van der Waals surface area (Å²) in [5.74, 6) is -1.79. The number of hydrogen-bond donors (Lipinski definition) is 1. The lowest BCUT2D eigenvalue weighted by molar-refractivity contribution is 0.0696. The van der Waals surface area contributed by atoms with Crippen molar-refractivity contribution in [1.82, 2.24) is 4.98 Å². The Balaban J connectivity index is 1.58. The SMILES string of the molecule is O=Cc1ccccc1[C@@H](CCc1ccc(-c2ccc(C(=O)O)cc2)cc1)c1cc(Cl)ncc1F. The fraction of sp³-hybridized carbons (Fsp3) is 0.107. The topological polar surface area (TPSA) is 67.3 Å². The lowest BCUT2D eigenvalue weighted by Gasteiger charge is -2.20. The number of carbonyl (C=O) groups excluding carboxylic acids is 1. The number of rotatable bonds is 8. The number of aromatic nitrogens is 1. The first-order valence-corrected chi connectivity index (χ1v) is 11.1. The first-order valence-electron chi connectivity index (χ1n) is 10.7. The van der Waals surface area contributed by atoms with Crippen molar-refractivity contribution < 1.29 is 19.1 Å². The Morgan fingerprint density at radius 3 is 2.26 bits per heavy atom. The van der Waals surface area contributed by atoms with E-state index < -0.39 is 11.8 Å². The van der Waals surface area contributed by atoms with Crippen molar-refractivity contribution in [3.05, 3.63) is 124 Å². The second-order valence-corrected chi connectivity index (χ2v) is 8.33. The summed E-state index contributed by atoms with van der Waals surface area (Å²) < 4.78 is 14.7. The van der Waals surface area contributed by atoms with E-state index in [1.165, 1.54) is 6.07 Å². The van der Waals surface area contributed by atoms with Gasteiger partial charge in [-0.05, 0) is 58.9 Å². The Bertz CT molecular complexity index is 1320. The average Bonchev–Trinajstić information content (AvgIpc) is 2.87. The third-order valence-corrected chi connectivity index (χ3v) is 6.07. The standard InChI is InChI=1S/C28H21ClFNO3/c29-27-15-25(26(30)16-31-27)24(23-4-2-1-3-22(23)17-32)14-7-18-5-8-19(9-6-18)20-10-12-21(13-11-20)28(33)34/h1-6,8-13,15-17,24H,7,14H2,(H,33,34)/t24-/m1/s1. The summed E-state index contributed by atoms with van der Waals surface area (Å²) in [6, 6.07) is 23.4. The normalized spacial score (nSPS) is 11.7. The van der Waals surface area contributed by atoms with Gasteiger partial charge in [0.2, 0.25) is 0 Å². The van der Waals surface area contributed by atoms with Crippen LogP contribution in [0.2, 0.25) is 5.15 Å². The fourth-order valence-electron chi connectivity index (χ4n) is 4.09. The summed E-state index contributed by atoms with van der Waals surface area (Å²) >= 11 is 6.06. The molecule has 34 heavy (non-hydrogen) atoms. The van der Waals surface area contributed by atoms with Crippen LogP contribution in [-0.4, -0.2) is 22.3 Å². The fourth-order valence-corrected chi connectivity index (χ4v) is 4.25. The maximum atomic E-state index is 14.7. The number of hydrogen-bond acceptors (Lipinski definition) is 3. The summed E-state index contributed by atoms with van der Waals surface area (Å²) in [7, 11) is 0. The molecule has 1 heterocycles. The number of aromatic carboxylic acids is 1. The molecule has 0 unspecified atom stereocenters. The predicted molar refractivity (Wildman–Crippen MR) is 130 cm³/mol. The third-order valence-electron chi connectivity index (χ3n) is 5.87. The largest absolute Gasteiger partial charge is 0.478 e. The highest BCUT2D eigenvalue weighted by Crippen LogP contribution is 2.34. The Kier molecular flexibility index (Phi) is 7.14. The van der Waals surface area contributed by atoms with Crippen LogP contribution < -0.4 is 0 Å². The quantitative estimate of drug-likeness (QED) is 0.225. The van der Waals surface area contributed by atoms with E-state index in [9.17, 15) is 14.0 Å². The molecule has 6 heteroatoms. The Hall–Kier alpha value is -3.83. The van der Waals surface area contributed by atoms with Gasteiger partial charge in [-0.2, -0.15) is 0 Å². The van der Waals surface area contributed by atoms with Crippen LogP contribution in [0, 0.1) is 5.82 Å². The molecule has 1 atom stereocenters. The molecular weight excluding hydrogens is 453 g/mol. The summed E-state index contributed by atoms with van der Waals surface area (Å²) in [6.45, 7) is 0. The Morgan fingerprint density at radius 1 is 0.971 bits per heavy atom. The van der Waals surface area contributed by atoms with E-state index in [0.717, 1.165) is 34.7 Å². The molecule has 0 saturated heterocycles. The van der Waals surface area contributed by atoms with Gasteiger partial charge in [-0.25, -0.2) is 14.2 Å². The Morgan fingerprint density at radius 2 is 1.62 bits per heavy atom. The molecule has 1 N–H and O–H groups in total. The summed E-state index contributed by atoms with van der Waals surface area (Å²) in [5.41, 5.74) is 4.85. The van der Waals surface area contributed by atoms with Crippen LogP contribution in [0.1, 0.15) is 49.7 Å². The summed E-state index contributed by atoms with van der Waals surface area (Å²) in [5, 5.41) is 9.26. The molecule has 1 aromatic heterocycles. The molecule has 0 aliphatic heterocycles. The van der Waals surface area contributed by atoms with Crippen molar-refractivity contribution in [2.75, 3.05) is 0 Å². The molecule has 3 aromatic carbocycles. The second-order valence-electron chi connectivity index (χ2n) is 7.95. The molecule has 0 aliphatic carbocycles. The van der Waals surface area contributed by atoms with Crippen LogP contribution >= 0.6 is 11.6 Å². The van der Waals surface area contributed by atoms with E-state index in [0.29, 0.717) is 24.0 Å². The zero-order valence-corrected chi connectivity index (χ0v) is 18.9. The molecule has 0 radical (unpaired) electrons. The number of halogens is 2. The van der Waals surface area contributed by atoms with Gasteiger partial charge in [0.05, 0.1) is 11.8 Å². The van der Waals surface area contributed by atoms with Crippen molar-refractivity contribution in [2.24, 2.45) is 0 Å². The average molecular weight is 474 g/mol. The molecule has 0 fully saturated rings. The molecule has 4 nitrogen and oxygen atoms in total. The van der Waals surface area contributed by atoms with Gasteiger partial charge < -0.3 is 5.11 Å². The highest BCUT2D eigenvalue weighted by molar-refractivity contribution is 6.29. The van der Waals surface area contributed by atoms with Gasteiger partial charge in [0.15, 0.2) is 0 Å². The van der Waals surface area contributed by atoms with Crippen molar-refractivity contribution >= 4 is 23.9 Å². The minimum atomic E-state index is -0.959. The zero-order valence-electron chi connectivity index (χ0n) is 18.1. The molecule has 4 aromatic rings. The van der Waals surface area contributed by atoms with Gasteiger partial charge in [-0.1, -0.05) is 72.3 Å². The van der Waals surface area contributed by atoms with Crippen LogP contribution in [0.4, 0.5) is 4.39 Å². The van der Waals surface area contributed by atoms with E-state index in [-0.39, 0.29) is 16.6 Å². The predicted octanol–water partition coefficient (Wildman–Crippen LogP) is 6.82. The van der Waals surface area contributed by atoms with E-state index in [1.54, 1.807) is 36.4 Å². The number of carboxylic acids is 1. The van der Waals surface area contributed by atoms with Gasteiger partial charge >= 0.3 is 5.97 Å². The van der Waals surface area contributed by atoms with Gasteiger partial charge in [0, 0.05) is 11.5 Å². The summed E-state index contributed by atoms with van der Waals surface area (Å²) in [6.07, 6.45) is 3.11. The first kappa shape index (κ1) is 23.3. The van der Waals surface area contributed by atoms with Crippen molar-refractivity contribution in [1.29, 1.82) is 0 Å². The number of aldehydes is 1. The second kappa shape index (κ2) is 10.4. The molecule has 0 spiro atoms. The van der Waals surface area contributed by atoms with Crippen LogP contribution in [0.3, 0.4) is 0 Å². The number of pyridine rings is 1. The van der Waals surface area contributed by atoms with Crippen LogP contribution in [-0.2, 0) is 6.42 Å². The van der Waals surface area contributed by atoms with Crippen molar-refractivity contribution in [2.45, 2.75) is 18.8 Å². The monoisotopic (exact) mass is 473 g/mol. The zero-order chi connectivity index (χ0) is 24.1. The Labute approximate surface area is 201 Å². The van der Waals surface area contributed by atoms with E-state index in [4.69, 9.17) is 16.7 Å². The molecule has 4 rings (SSSR count). The van der Waals surface area contributed by atoms with Gasteiger partial charge in [-0.3, -0.25) is 4.79 Å². The third kappa shape index (κ3) is 5.21. The molecule has 0 aliphatic rings. The number of benzene rings is 3. The summed E-state index contributed by atoms with van der Waals surface area (Å²) in [4.78, 5) is 26.5. The molecular formula is C28H21ClFNO3. The van der Waals surface area contributed by atoms with Gasteiger partial charge in [0.25, 0.3) is 0 Å². The van der Waals surface area contributed by atoms with Crippen molar-refractivity contribution in [3.63, 3.8) is 0 Å². The van der Waals surface area contributed by atoms with Crippen LogP contribution in [0.15, 0.2) is 85.1 Å². The van der Waals surface area contributed by atoms with Gasteiger partial charge in [0.1, 0.15) is 17.3 Å². The van der Waals surface area contributed by atoms with E-state index in [2.05, 4.69) is 4.98 Å². The minimum absolute atomic E-state index is 0.197. The number of nitrogens with zero attached hydrogens (tertiary/aromatic N) is 1. The van der Waals surface area contributed by atoms with Gasteiger partial charge in [-0.15, -0.1) is 0 Å². The molecule has 0 saturated carbocycles. The lowest BCUT2D eigenvalue weighted by atomic mass is 9.84. The van der Waals surface area contributed by atoms with Crippen LogP contribution in [0.5, 0.6) is 0 Å². The molecule has 0 amide bonds. The lowest BCUT2D eigenvalue weighted by Crippen LogP contribution is -2.09. The number of carbonyl (C=O) groups is 2. The number of aryl methyl sites for hydroxylation is 1. The maximum absolute atomic E-state index is 14.7. The highest BCUT2D eigenvalue weighted by atomic mass is 35.5. The van der Waals surface area contributed by atoms with Crippen molar-refractivity contribution in [3.8, 4) is 11.1 Å². The maximum Gasteiger partial charge on any atom is 0.335 e. The molecule has 170 valence electrons. The number of carboxylic acid groups (broad SMARTS) is 1. The van der Waals surface area contributed by atoms with E-state index in [1.807, 2.05) is 36.4 Å². The van der Waals surface area contributed by atoms with Crippen LogP contribution in [0.25, 0.3) is 11.1 Å². The van der Waals surface area contributed by atoms with E-state index >= 15 is 0 Å². The highest BCUT2D eigenvalue weighted by Gasteiger charge is 2.21. The smallest absolute Gasteiger partial charge is 0.335 e.